The van der Waals surface area contributed by atoms with Crippen LogP contribution in [0.1, 0.15) is 16.5 Å². The molecule has 1 fully saturated rings. The lowest BCUT2D eigenvalue weighted by Crippen LogP contribution is -2.27. The minimum atomic E-state index is 0.0413. The van der Waals surface area contributed by atoms with E-state index in [0.29, 0.717) is 23.8 Å². The molecule has 0 spiro atoms. The quantitative estimate of drug-likeness (QED) is 0.842. The van der Waals surface area contributed by atoms with E-state index in [2.05, 4.69) is 12.1 Å². The molecule has 1 atom stereocenters. The summed E-state index contributed by atoms with van der Waals surface area (Å²) in [6, 6.07) is 15.9. The lowest BCUT2D eigenvalue weighted by molar-refractivity contribution is -0.128. The average molecular weight is 329 g/mol. The maximum Gasteiger partial charge on any atom is 0.234 e. The van der Waals surface area contributed by atoms with Crippen LogP contribution in [-0.2, 0) is 11.3 Å². The standard InChI is InChI=1S/C18H19NO3S/c1-21-15-10-6-9-14(17(15)22-2)11-19-16(20)12-23-18(19)13-7-4-3-5-8-13/h3-10,18H,11-12H2,1-2H3. The third kappa shape index (κ3) is 3.15. The molecule has 3 rings (SSSR count). The number of carbonyl (C=O) groups is 1. The zero-order valence-electron chi connectivity index (χ0n) is 13.2. The Bertz CT molecular complexity index is 690. The van der Waals surface area contributed by atoms with Gasteiger partial charge in [-0.1, -0.05) is 42.5 Å². The van der Waals surface area contributed by atoms with E-state index in [4.69, 9.17) is 9.47 Å². The van der Waals surface area contributed by atoms with Crippen LogP contribution >= 0.6 is 11.8 Å². The van der Waals surface area contributed by atoms with Crippen LogP contribution in [0.5, 0.6) is 11.5 Å². The highest BCUT2D eigenvalue weighted by Gasteiger charge is 2.33. The number of amides is 1. The molecule has 1 amide bonds. The summed E-state index contributed by atoms with van der Waals surface area (Å²) in [5.74, 6) is 2.02. The fourth-order valence-corrected chi connectivity index (χ4v) is 3.97. The summed E-state index contributed by atoms with van der Waals surface area (Å²) in [6.45, 7) is 0.506. The van der Waals surface area contributed by atoms with E-state index in [1.807, 2.05) is 41.3 Å². The third-order valence-corrected chi connectivity index (χ3v) is 5.13. The molecule has 4 nitrogen and oxygen atoms in total. The number of benzene rings is 2. The van der Waals surface area contributed by atoms with Gasteiger partial charge in [-0.3, -0.25) is 4.79 Å². The van der Waals surface area contributed by atoms with E-state index >= 15 is 0 Å². The molecule has 2 aromatic rings. The maximum absolute atomic E-state index is 12.3. The second-order valence-electron chi connectivity index (χ2n) is 5.25. The van der Waals surface area contributed by atoms with Gasteiger partial charge >= 0.3 is 0 Å². The fraction of sp³-hybridized carbons (Fsp3) is 0.278. The topological polar surface area (TPSA) is 38.8 Å². The van der Waals surface area contributed by atoms with Crippen LogP contribution in [0.4, 0.5) is 0 Å². The Labute approximate surface area is 140 Å². The number of para-hydroxylation sites is 1. The van der Waals surface area contributed by atoms with Crippen molar-refractivity contribution in [3.8, 4) is 11.5 Å². The molecule has 0 aliphatic carbocycles. The summed E-state index contributed by atoms with van der Waals surface area (Å²) in [5, 5.41) is 0.0413. The van der Waals surface area contributed by atoms with Crippen LogP contribution < -0.4 is 9.47 Å². The van der Waals surface area contributed by atoms with E-state index in [1.54, 1.807) is 26.0 Å². The summed E-state index contributed by atoms with van der Waals surface area (Å²) in [6.07, 6.45) is 0. The average Bonchev–Trinajstić information content (AvgIpc) is 2.96. The van der Waals surface area contributed by atoms with Crippen LogP contribution in [0.3, 0.4) is 0 Å². The first-order chi connectivity index (χ1) is 11.2. The van der Waals surface area contributed by atoms with Crippen molar-refractivity contribution in [1.29, 1.82) is 0 Å². The van der Waals surface area contributed by atoms with E-state index in [-0.39, 0.29) is 11.3 Å². The summed E-state index contributed by atoms with van der Waals surface area (Å²) < 4.78 is 10.8. The molecule has 0 aromatic heterocycles. The number of ether oxygens (including phenoxy) is 2. The molecular weight excluding hydrogens is 310 g/mol. The Kier molecular flexibility index (Phi) is 4.76. The molecule has 1 saturated heterocycles. The second kappa shape index (κ2) is 6.96. The van der Waals surface area contributed by atoms with Gasteiger partial charge in [-0.25, -0.2) is 0 Å². The Hall–Kier alpha value is -2.14. The Morgan fingerprint density at radius 2 is 1.87 bits per heavy atom. The molecule has 0 saturated carbocycles. The first-order valence-electron chi connectivity index (χ1n) is 7.40. The third-order valence-electron chi connectivity index (χ3n) is 3.88. The van der Waals surface area contributed by atoms with Crippen molar-refractivity contribution >= 4 is 17.7 Å². The van der Waals surface area contributed by atoms with Gasteiger partial charge in [-0.15, -0.1) is 11.8 Å². The van der Waals surface area contributed by atoms with Gasteiger partial charge in [0.05, 0.1) is 26.5 Å². The number of nitrogens with zero attached hydrogens (tertiary/aromatic N) is 1. The number of rotatable bonds is 5. The van der Waals surface area contributed by atoms with Crippen LogP contribution in [0, 0.1) is 0 Å². The van der Waals surface area contributed by atoms with Crippen molar-refractivity contribution < 1.29 is 14.3 Å². The smallest absolute Gasteiger partial charge is 0.234 e. The van der Waals surface area contributed by atoms with Gasteiger partial charge < -0.3 is 14.4 Å². The Balaban J connectivity index is 1.90. The fourth-order valence-electron chi connectivity index (χ4n) is 2.78. The molecule has 1 heterocycles. The molecular formula is C18H19NO3S. The second-order valence-corrected chi connectivity index (χ2v) is 6.32. The monoisotopic (exact) mass is 329 g/mol. The first-order valence-corrected chi connectivity index (χ1v) is 8.45. The molecule has 1 aliphatic heterocycles. The molecule has 0 bridgehead atoms. The van der Waals surface area contributed by atoms with Crippen molar-refractivity contribution in [2.45, 2.75) is 11.9 Å². The highest BCUT2D eigenvalue weighted by atomic mass is 32.2. The molecule has 1 unspecified atom stereocenters. The predicted octanol–water partition coefficient (Wildman–Crippen LogP) is 3.48. The van der Waals surface area contributed by atoms with E-state index in [1.165, 1.54) is 0 Å². The van der Waals surface area contributed by atoms with Crippen molar-refractivity contribution in [1.82, 2.24) is 4.90 Å². The molecule has 23 heavy (non-hydrogen) atoms. The summed E-state index contributed by atoms with van der Waals surface area (Å²) in [5.41, 5.74) is 2.09. The van der Waals surface area contributed by atoms with Gasteiger partial charge in [0.1, 0.15) is 5.37 Å². The largest absolute Gasteiger partial charge is 0.493 e. The SMILES string of the molecule is COc1cccc(CN2C(=O)CSC2c2ccccc2)c1OC. The molecule has 0 radical (unpaired) electrons. The molecule has 0 N–H and O–H groups in total. The van der Waals surface area contributed by atoms with Gasteiger partial charge in [0.2, 0.25) is 5.91 Å². The number of hydrogen-bond acceptors (Lipinski definition) is 4. The normalized spacial score (nSPS) is 17.4. The molecule has 1 aliphatic rings. The maximum atomic E-state index is 12.3. The number of methoxy groups -OCH3 is 2. The lowest BCUT2D eigenvalue weighted by Gasteiger charge is -2.25. The van der Waals surface area contributed by atoms with E-state index in [9.17, 15) is 4.79 Å². The van der Waals surface area contributed by atoms with Crippen LogP contribution in [0.15, 0.2) is 48.5 Å². The summed E-state index contributed by atoms with van der Waals surface area (Å²) in [4.78, 5) is 14.2. The highest BCUT2D eigenvalue weighted by molar-refractivity contribution is 8.00. The lowest BCUT2D eigenvalue weighted by atomic mass is 10.1. The van der Waals surface area contributed by atoms with E-state index < -0.39 is 0 Å². The minimum absolute atomic E-state index is 0.0413. The van der Waals surface area contributed by atoms with Gasteiger partial charge in [0, 0.05) is 5.56 Å². The van der Waals surface area contributed by atoms with Crippen molar-refractivity contribution in [3.05, 3.63) is 59.7 Å². The molecule has 2 aromatic carbocycles. The van der Waals surface area contributed by atoms with E-state index in [0.717, 1.165) is 11.1 Å². The van der Waals surface area contributed by atoms with Crippen molar-refractivity contribution in [2.75, 3.05) is 20.0 Å². The number of hydrogen-bond donors (Lipinski definition) is 0. The zero-order chi connectivity index (χ0) is 16.2. The number of thioether (sulfide) groups is 1. The molecule has 120 valence electrons. The molecule has 5 heteroatoms. The summed E-state index contributed by atoms with van der Waals surface area (Å²) in [7, 11) is 3.24. The van der Waals surface area contributed by atoms with Gasteiger partial charge in [-0.2, -0.15) is 0 Å². The van der Waals surface area contributed by atoms with Crippen molar-refractivity contribution in [3.63, 3.8) is 0 Å². The first kappa shape index (κ1) is 15.7. The van der Waals surface area contributed by atoms with Gasteiger partial charge in [0.15, 0.2) is 11.5 Å². The zero-order valence-corrected chi connectivity index (χ0v) is 14.0. The van der Waals surface area contributed by atoms with Crippen molar-refractivity contribution in [2.24, 2.45) is 0 Å². The predicted molar refractivity (Wildman–Crippen MR) is 91.7 cm³/mol. The van der Waals surface area contributed by atoms with Gasteiger partial charge in [-0.05, 0) is 11.6 Å². The van der Waals surface area contributed by atoms with Crippen LogP contribution in [0.25, 0.3) is 0 Å². The van der Waals surface area contributed by atoms with Gasteiger partial charge in [0.25, 0.3) is 0 Å². The number of carbonyl (C=O) groups excluding carboxylic acids is 1. The summed E-state index contributed by atoms with van der Waals surface area (Å²) >= 11 is 1.66. The van der Waals surface area contributed by atoms with Crippen LogP contribution in [0.2, 0.25) is 0 Å². The minimum Gasteiger partial charge on any atom is -0.493 e. The Morgan fingerprint density at radius 1 is 1.09 bits per heavy atom. The van der Waals surface area contributed by atoms with Crippen LogP contribution in [-0.4, -0.2) is 30.8 Å². The highest BCUT2D eigenvalue weighted by Crippen LogP contribution is 2.41. The Morgan fingerprint density at radius 3 is 2.57 bits per heavy atom.